The van der Waals surface area contributed by atoms with Gasteiger partial charge in [0.05, 0.1) is 24.3 Å². The van der Waals surface area contributed by atoms with Gasteiger partial charge in [0.25, 0.3) is 0 Å². The van der Waals surface area contributed by atoms with Crippen molar-refractivity contribution in [3.05, 3.63) is 41.7 Å². The third-order valence-electron chi connectivity index (χ3n) is 3.63. The summed E-state index contributed by atoms with van der Waals surface area (Å²) in [6, 6.07) is 9.64. The van der Waals surface area contributed by atoms with Crippen molar-refractivity contribution >= 4 is 11.5 Å². The van der Waals surface area contributed by atoms with E-state index in [2.05, 4.69) is 10.4 Å². The lowest BCUT2D eigenvalue weighted by atomic mass is 10.1. The summed E-state index contributed by atoms with van der Waals surface area (Å²) >= 11 is 0. The van der Waals surface area contributed by atoms with Crippen LogP contribution in [-0.2, 0) is 17.8 Å². The van der Waals surface area contributed by atoms with E-state index in [9.17, 15) is 4.79 Å². The van der Waals surface area contributed by atoms with Crippen molar-refractivity contribution in [1.82, 2.24) is 9.78 Å². The first-order valence-corrected chi connectivity index (χ1v) is 7.23. The molecule has 110 valence electrons. The van der Waals surface area contributed by atoms with Crippen molar-refractivity contribution in [3.63, 3.8) is 0 Å². The van der Waals surface area contributed by atoms with E-state index in [4.69, 9.17) is 4.74 Å². The Balaban J connectivity index is 1.72. The van der Waals surface area contributed by atoms with Crippen molar-refractivity contribution in [3.8, 4) is 5.75 Å². The molecule has 1 atom stereocenters. The normalized spacial score (nSPS) is 16.8. The third kappa shape index (κ3) is 2.77. The molecule has 0 radical (unpaired) electrons. The van der Waals surface area contributed by atoms with Gasteiger partial charge in [-0.3, -0.25) is 9.48 Å². The van der Waals surface area contributed by atoms with E-state index in [1.165, 1.54) is 0 Å². The van der Waals surface area contributed by atoms with Gasteiger partial charge in [-0.15, -0.1) is 0 Å². The van der Waals surface area contributed by atoms with E-state index in [1.807, 2.05) is 48.9 Å². The highest BCUT2D eigenvalue weighted by atomic mass is 16.5. The molecule has 1 aliphatic rings. The van der Waals surface area contributed by atoms with Crippen LogP contribution in [0.3, 0.4) is 0 Å². The molecule has 0 amide bonds. The Bertz CT molecular complexity index is 663. The SMILES string of the molecule is CCn1nc(C)cc1CC(=O)C1CNc2ccccc2O1. The first-order chi connectivity index (χ1) is 10.2. The molecule has 21 heavy (non-hydrogen) atoms. The highest BCUT2D eigenvalue weighted by Gasteiger charge is 2.26. The van der Waals surface area contributed by atoms with Gasteiger partial charge in [-0.25, -0.2) is 0 Å². The minimum absolute atomic E-state index is 0.0756. The Morgan fingerprint density at radius 2 is 2.29 bits per heavy atom. The summed E-state index contributed by atoms with van der Waals surface area (Å²) in [4.78, 5) is 12.4. The number of Topliss-reactive ketones (excluding diaryl/α,β-unsaturated/α-hetero) is 1. The van der Waals surface area contributed by atoms with Gasteiger partial charge in [-0.1, -0.05) is 12.1 Å². The maximum absolute atomic E-state index is 12.4. The zero-order valence-corrected chi connectivity index (χ0v) is 12.3. The van der Waals surface area contributed by atoms with Gasteiger partial charge in [-0.2, -0.15) is 5.10 Å². The number of hydrogen-bond donors (Lipinski definition) is 1. The summed E-state index contributed by atoms with van der Waals surface area (Å²) in [5, 5.41) is 7.62. The van der Waals surface area contributed by atoms with Crippen LogP contribution in [0.5, 0.6) is 5.75 Å². The second-order valence-corrected chi connectivity index (χ2v) is 5.22. The molecule has 1 unspecified atom stereocenters. The highest BCUT2D eigenvalue weighted by molar-refractivity contribution is 5.86. The van der Waals surface area contributed by atoms with Gasteiger partial charge in [-0.05, 0) is 32.0 Å². The predicted molar refractivity (Wildman–Crippen MR) is 80.7 cm³/mol. The number of nitrogens with zero attached hydrogens (tertiary/aromatic N) is 2. The number of aryl methyl sites for hydroxylation is 2. The van der Waals surface area contributed by atoms with Crippen molar-refractivity contribution in [2.75, 3.05) is 11.9 Å². The summed E-state index contributed by atoms with van der Waals surface area (Å²) in [7, 11) is 0. The zero-order valence-electron chi connectivity index (χ0n) is 12.3. The van der Waals surface area contributed by atoms with Crippen LogP contribution in [0.25, 0.3) is 0 Å². The van der Waals surface area contributed by atoms with Crippen LogP contribution in [-0.4, -0.2) is 28.2 Å². The number of aromatic nitrogens is 2. The molecule has 0 fully saturated rings. The number of anilines is 1. The fourth-order valence-electron chi connectivity index (χ4n) is 2.60. The summed E-state index contributed by atoms with van der Waals surface area (Å²) in [5.41, 5.74) is 2.83. The van der Waals surface area contributed by atoms with Gasteiger partial charge < -0.3 is 10.1 Å². The molecule has 3 rings (SSSR count). The minimum atomic E-state index is -0.444. The lowest BCUT2D eigenvalue weighted by molar-refractivity contribution is -0.124. The highest BCUT2D eigenvalue weighted by Crippen LogP contribution is 2.28. The van der Waals surface area contributed by atoms with E-state index >= 15 is 0 Å². The van der Waals surface area contributed by atoms with E-state index in [0.29, 0.717) is 13.0 Å². The van der Waals surface area contributed by atoms with Gasteiger partial charge in [0.2, 0.25) is 0 Å². The Labute approximate surface area is 123 Å². The fraction of sp³-hybridized carbons (Fsp3) is 0.375. The van der Waals surface area contributed by atoms with Gasteiger partial charge in [0.15, 0.2) is 11.9 Å². The van der Waals surface area contributed by atoms with Crippen molar-refractivity contribution in [1.29, 1.82) is 0 Å². The second kappa shape index (κ2) is 5.60. The van der Waals surface area contributed by atoms with Crippen LogP contribution in [0.2, 0.25) is 0 Å². The molecule has 2 aromatic rings. The monoisotopic (exact) mass is 285 g/mol. The molecular formula is C16H19N3O2. The molecule has 0 bridgehead atoms. The van der Waals surface area contributed by atoms with E-state index in [-0.39, 0.29) is 5.78 Å². The van der Waals surface area contributed by atoms with Crippen LogP contribution in [0.4, 0.5) is 5.69 Å². The zero-order chi connectivity index (χ0) is 14.8. The number of ether oxygens (including phenoxy) is 1. The Hall–Kier alpha value is -2.30. The van der Waals surface area contributed by atoms with Crippen LogP contribution in [0.15, 0.2) is 30.3 Å². The number of rotatable bonds is 4. The van der Waals surface area contributed by atoms with Crippen molar-refractivity contribution in [2.45, 2.75) is 32.9 Å². The van der Waals surface area contributed by atoms with Crippen LogP contribution in [0.1, 0.15) is 18.3 Å². The maximum atomic E-state index is 12.4. The molecule has 1 N–H and O–H groups in total. The maximum Gasteiger partial charge on any atom is 0.181 e. The Morgan fingerprint density at radius 3 is 3.10 bits per heavy atom. The molecule has 2 heterocycles. The van der Waals surface area contributed by atoms with E-state index in [0.717, 1.165) is 29.4 Å². The van der Waals surface area contributed by atoms with Crippen LogP contribution >= 0.6 is 0 Å². The Kier molecular flexibility index (Phi) is 3.64. The van der Waals surface area contributed by atoms with E-state index in [1.54, 1.807) is 0 Å². The minimum Gasteiger partial charge on any atom is -0.479 e. The summed E-state index contributed by atoms with van der Waals surface area (Å²) < 4.78 is 7.68. The van der Waals surface area contributed by atoms with E-state index < -0.39 is 6.10 Å². The number of para-hydroxylation sites is 2. The lowest BCUT2D eigenvalue weighted by Gasteiger charge is -2.26. The first-order valence-electron chi connectivity index (χ1n) is 7.23. The quantitative estimate of drug-likeness (QED) is 0.935. The fourth-order valence-corrected chi connectivity index (χ4v) is 2.60. The predicted octanol–water partition coefficient (Wildman–Crippen LogP) is 2.20. The van der Waals surface area contributed by atoms with Gasteiger partial charge >= 0.3 is 0 Å². The molecule has 1 aromatic carbocycles. The molecular weight excluding hydrogens is 266 g/mol. The smallest absolute Gasteiger partial charge is 0.181 e. The van der Waals surface area contributed by atoms with Gasteiger partial charge in [0, 0.05) is 12.2 Å². The number of fused-ring (bicyclic) bond motifs is 1. The third-order valence-corrected chi connectivity index (χ3v) is 3.63. The standard InChI is InChI=1S/C16H19N3O2/c1-3-19-12(8-11(2)18-19)9-14(20)16-10-17-13-6-4-5-7-15(13)21-16/h4-8,16-17H,3,9-10H2,1-2H3. The lowest BCUT2D eigenvalue weighted by Crippen LogP contribution is -2.38. The molecule has 1 aromatic heterocycles. The average Bonchev–Trinajstić information content (AvgIpc) is 2.86. The number of ketones is 1. The topological polar surface area (TPSA) is 56.2 Å². The number of nitrogens with one attached hydrogen (secondary N) is 1. The second-order valence-electron chi connectivity index (χ2n) is 5.22. The number of hydrogen-bond acceptors (Lipinski definition) is 4. The molecule has 0 aliphatic carbocycles. The van der Waals surface area contributed by atoms with Crippen LogP contribution < -0.4 is 10.1 Å². The van der Waals surface area contributed by atoms with Crippen molar-refractivity contribution < 1.29 is 9.53 Å². The summed E-state index contributed by atoms with van der Waals surface area (Å²) in [6.07, 6.45) is -0.0937. The summed E-state index contributed by atoms with van der Waals surface area (Å²) in [5.74, 6) is 0.814. The molecule has 5 heteroatoms. The number of carbonyl (C=O) groups excluding carboxylic acids is 1. The van der Waals surface area contributed by atoms with Crippen molar-refractivity contribution in [2.24, 2.45) is 0 Å². The molecule has 0 saturated carbocycles. The molecule has 0 saturated heterocycles. The average molecular weight is 285 g/mol. The number of carbonyl (C=O) groups is 1. The summed E-state index contributed by atoms with van der Waals surface area (Å²) in [6.45, 7) is 5.24. The largest absolute Gasteiger partial charge is 0.479 e. The molecule has 1 aliphatic heterocycles. The molecule has 5 nitrogen and oxygen atoms in total. The number of benzene rings is 1. The van der Waals surface area contributed by atoms with Gasteiger partial charge in [0.1, 0.15) is 5.75 Å². The molecule has 0 spiro atoms. The first kappa shape index (κ1) is 13.7. The van der Waals surface area contributed by atoms with Crippen LogP contribution in [0, 0.1) is 6.92 Å². The Morgan fingerprint density at radius 1 is 1.48 bits per heavy atom.